The number of fused-ring (bicyclic) bond motifs is 6. The minimum atomic E-state index is -3.89. The molecule has 0 fully saturated rings. The average Bonchev–Trinajstić information content (AvgIpc) is 0.781. The van der Waals surface area contributed by atoms with Crippen LogP contribution in [0.1, 0.15) is 58.9 Å². The third-order valence-corrected chi connectivity index (χ3v) is 21.4. The highest BCUT2D eigenvalue weighted by atomic mass is 28.3. The summed E-state index contributed by atoms with van der Waals surface area (Å²) < 4.78 is 94.2. The first kappa shape index (κ1) is 34.9. The molecule has 77 heavy (non-hydrogen) atoms. The van der Waals surface area contributed by atoms with Crippen LogP contribution in [0.2, 0.25) is 0 Å². The van der Waals surface area contributed by atoms with E-state index in [9.17, 15) is 5.48 Å². The van der Waals surface area contributed by atoms with E-state index in [0.29, 0.717) is 11.1 Å². The number of para-hydroxylation sites is 3. The van der Waals surface area contributed by atoms with E-state index in [1.807, 2.05) is 54.6 Å². The summed E-state index contributed by atoms with van der Waals surface area (Å²) in [6, 6.07) is 77.1. The normalized spacial score (nSPS) is 16.3. The number of aromatic nitrogens is 2. The molecule has 14 aromatic rings. The maximum atomic E-state index is 9.26. The van der Waals surface area contributed by atoms with Gasteiger partial charge in [-0.2, -0.15) is 0 Å². The van der Waals surface area contributed by atoms with Gasteiger partial charge in [0.1, 0.15) is 0 Å². The molecule has 2 nitrogen and oxygen atoms in total. The van der Waals surface area contributed by atoms with Gasteiger partial charge in [0, 0.05) is 39.1 Å². The Hall–Kier alpha value is -9.54. The van der Waals surface area contributed by atoms with Gasteiger partial charge in [-0.3, -0.25) is 0 Å². The van der Waals surface area contributed by atoms with Crippen LogP contribution in [0.3, 0.4) is 0 Å². The Morgan fingerprint density at radius 1 is 0.312 bits per heavy atom. The molecule has 3 aliphatic carbocycles. The molecule has 12 aromatic carbocycles. The number of nitrogens with zero attached hydrogens (tertiary/aromatic N) is 2. The predicted molar refractivity (Wildman–Crippen MR) is 324 cm³/mol. The lowest BCUT2D eigenvalue weighted by atomic mass is 9.60. The van der Waals surface area contributed by atoms with Gasteiger partial charge in [0.25, 0.3) is 0 Å². The first-order chi connectivity index (χ1) is 42.4. The molecule has 0 aliphatic heterocycles. The fourth-order valence-corrected chi connectivity index (χ4v) is 18.7. The summed E-state index contributed by atoms with van der Waals surface area (Å²) in [4.78, 5) is 0. The van der Waals surface area contributed by atoms with Gasteiger partial charge >= 0.3 is 0 Å². The van der Waals surface area contributed by atoms with Crippen LogP contribution in [0, 0.1) is 0 Å². The molecule has 2 heterocycles. The van der Waals surface area contributed by atoms with Crippen LogP contribution in [0.5, 0.6) is 0 Å². The number of hydrogen-bond acceptors (Lipinski definition) is 0. The van der Waals surface area contributed by atoms with Crippen molar-refractivity contribution in [2.24, 2.45) is 0 Å². The topological polar surface area (TPSA) is 9.86 Å². The van der Waals surface area contributed by atoms with E-state index in [0.717, 1.165) is 76.1 Å². The minimum Gasteiger partial charge on any atom is -0.309 e. The van der Waals surface area contributed by atoms with E-state index in [2.05, 4.69) is 185 Å². The van der Waals surface area contributed by atoms with E-state index >= 15 is 0 Å². The standard InChI is InChI=1S/C74H50N2Si/c1-4-22-49(23-5-1)51-26-18-30-55(46-51)77(54-28-8-3-9-29-54,56-31-19-27-52(47-56)50-24-6-2-7-25-50)70-43-21-38-63-71-60-35-10-11-36-61(60)74(73(63)70)72-62(71)37-20-42-69(72)76-67-41-17-14-34-59(67)64-48-53(44-45-68(64)76)75-65-39-15-12-32-57(65)58-33-13-16-40-66(58)75/h1-48,71,74H/i1D,2D,4D,5D,6D,7D,22D,23D,24D,25D. The first-order valence-corrected chi connectivity index (χ1v) is 28.2. The summed E-state index contributed by atoms with van der Waals surface area (Å²) in [6.45, 7) is 0. The molecule has 0 N–H and O–H groups in total. The summed E-state index contributed by atoms with van der Waals surface area (Å²) >= 11 is 0. The fourth-order valence-electron chi connectivity index (χ4n) is 13.6. The minimum absolute atomic E-state index is 0.0849. The van der Waals surface area contributed by atoms with Crippen molar-refractivity contribution >= 4 is 72.4 Å². The smallest absolute Gasteiger partial charge is 0.179 e. The van der Waals surface area contributed by atoms with Crippen LogP contribution < -0.4 is 20.7 Å². The average molecular weight is 1010 g/mol. The molecule has 17 rings (SSSR count). The van der Waals surface area contributed by atoms with Gasteiger partial charge in [-0.05, 0) is 119 Å². The van der Waals surface area contributed by atoms with Crippen molar-refractivity contribution in [2.75, 3.05) is 0 Å². The quantitative estimate of drug-likeness (QED) is 0.106. The maximum absolute atomic E-state index is 9.26. The Labute approximate surface area is 463 Å². The molecule has 3 heteroatoms. The van der Waals surface area contributed by atoms with Gasteiger partial charge in [0.2, 0.25) is 0 Å². The predicted octanol–water partition coefficient (Wildman–Crippen LogP) is 15.6. The van der Waals surface area contributed by atoms with Gasteiger partial charge < -0.3 is 9.13 Å². The summed E-state index contributed by atoms with van der Waals surface area (Å²) in [5.41, 5.74) is 14.8. The molecule has 360 valence electrons. The van der Waals surface area contributed by atoms with Crippen molar-refractivity contribution in [3.05, 3.63) is 324 Å². The molecular formula is C74H50N2Si. The van der Waals surface area contributed by atoms with Gasteiger partial charge in [-0.25, -0.2) is 0 Å². The zero-order chi connectivity index (χ0) is 59.3. The second-order valence-electron chi connectivity index (χ2n) is 20.3. The third kappa shape index (κ3) is 6.42. The zero-order valence-corrected chi connectivity index (χ0v) is 42.5. The Bertz CT molecular complexity index is 5060. The van der Waals surface area contributed by atoms with Gasteiger partial charge in [-0.1, -0.05) is 248 Å². The lowest BCUT2D eigenvalue weighted by Crippen LogP contribution is -2.75. The Kier molecular flexibility index (Phi) is 7.81. The zero-order valence-electron chi connectivity index (χ0n) is 51.5. The van der Waals surface area contributed by atoms with Crippen LogP contribution in [0.25, 0.3) is 77.2 Å². The number of benzene rings is 12. The monoisotopic (exact) mass is 1000 g/mol. The van der Waals surface area contributed by atoms with Gasteiger partial charge in [0.05, 0.1) is 41.5 Å². The lowest BCUT2D eigenvalue weighted by molar-refractivity contribution is 0.752. The van der Waals surface area contributed by atoms with Crippen molar-refractivity contribution in [2.45, 2.75) is 11.8 Å². The van der Waals surface area contributed by atoms with Crippen molar-refractivity contribution < 1.29 is 13.7 Å². The van der Waals surface area contributed by atoms with E-state index < -0.39 is 44.3 Å². The third-order valence-electron chi connectivity index (χ3n) is 16.6. The van der Waals surface area contributed by atoms with Crippen LogP contribution in [0.15, 0.2) is 291 Å². The molecule has 2 aromatic heterocycles. The SMILES string of the molecule is [2H]c1c([2H])c([2H])c(-c2cccc([Si](c3ccccc3)(c3cccc(-c4c([2H])c([2H])c([2H])c([2H])c4[2H])c3)c3cccc4c3C3c5ccccc5C4c4cccc(-n5c6ccccc6c6cc(-n7c8ccccc8c8ccccc87)ccc65)c43)c2)c([2H])c1[2H]. The van der Waals surface area contributed by atoms with Gasteiger partial charge in [-0.15, -0.1) is 0 Å². The van der Waals surface area contributed by atoms with E-state index in [4.69, 9.17) is 8.22 Å². The molecule has 0 saturated heterocycles. The van der Waals surface area contributed by atoms with Crippen LogP contribution in [0.4, 0.5) is 0 Å². The van der Waals surface area contributed by atoms with Gasteiger partial charge in [0.15, 0.2) is 8.07 Å². The molecule has 0 saturated carbocycles. The molecule has 2 atom stereocenters. The largest absolute Gasteiger partial charge is 0.309 e. The van der Waals surface area contributed by atoms with E-state index in [1.54, 1.807) is 0 Å². The fraction of sp³-hybridized carbons (Fsp3) is 0.0270. The molecule has 2 bridgehead atoms. The second kappa shape index (κ2) is 17.3. The molecule has 0 radical (unpaired) electrons. The molecule has 2 unspecified atom stereocenters. The number of hydrogen-bond donors (Lipinski definition) is 0. The Morgan fingerprint density at radius 3 is 1.40 bits per heavy atom. The van der Waals surface area contributed by atoms with E-state index in [-0.39, 0.29) is 47.1 Å². The number of rotatable bonds is 8. The molecule has 0 spiro atoms. The highest BCUT2D eigenvalue weighted by Crippen LogP contribution is 2.57. The second-order valence-corrected chi connectivity index (χ2v) is 24.1. The highest BCUT2D eigenvalue weighted by Gasteiger charge is 2.50. The Balaban J connectivity index is 0.996. The van der Waals surface area contributed by atoms with Crippen molar-refractivity contribution in [3.8, 4) is 33.6 Å². The van der Waals surface area contributed by atoms with Crippen molar-refractivity contribution in [1.82, 2.24) is 9.13 Å². The molecule has 3 aliphatic rings. The van der Waals surface area contributed by atoms with Crippen molar-refractivity contribution in [3.63, 3.8) is 0 Å². The van der Waals surface area contributed by atoms with Crippen LogP contribution >= 0.6 is 0 Å². The lowest BCUT2D eigenvalue weighted by Gasteiger charge is -2.47. The summed E-state index contributed by atoms with van der Waals surface area (Å²) in [5, 5.41) is 8.41. The maximum Gasteiger partial charge on any atom is 0.179 e. The van der Waals surface area contributed by atoms with E-state index in [1.165, 1.54) is 33.0 Å². The molecular weight excluding hydrogens is 945 g/mol. The summed E-state index contributed by atoms with van der Waals surface area (Å²) in [6.07, 6.45) is 0. The summed E-state index contributed by atoms with van der Waals surface area (Å²) in [5.74, 6) is -0.524. The van der Waals surface area contributed by atoms with Crippen LogP contribution in [-0.2, 0) is 0 Å². The highest BCUT2D eigenvalue weighted by molar-refractivity contribution is 7.20. The Morgan fingerprint density at radius 2 is 0.779 bits per heavy atom. The first-order valence-electron chi connectivity index (χ1n) is 31.2. The van der Waals surface area contributed by atoms with Crippen LogP contribution in [-0.4, -0.2) is 17.2 Å². The van der Waals surface area contributed by atoms with Crippen molar-refractivity contribution in [1.29, 1.82) is 0 Å². The molecule has 0 amide bonds. The summed E-state index contributed by atoms with van der Waals surface area (Å²) in [7, 11) is -3.89.